The SMILES string of the molecule is COC1OC(CO)C(OC2OC(CO)C(OC)C(OC3OC(CO)C(O)C(OC4CC(CO)C(O)C(OC5(OC=O)CC(O)C(C)C(C(O)CCO)O5)C4O)C3C)C2O)C(O)C1O. The number of ether oxygens (including phenoxy) is 11. The minimum Gasteiger partial charge on any atom is -0.410 e. The van der Waals surface area contributed by atoms with Gasteiger partial charge in [-0.1, -0.05) is 13.8 Å². The number of rotatable bonds is 19. The van der Waals surface area contributed by atoms with E-state index in [1.54, 1.807) is 0 Å². The van der Waals surface area contributed by atoms with E-state index in [1.165, 1.54) is 28.1 Å². The third-order valence-electron chi connectivity index (χ3n) is 12.7. The molecule has 5 fully saturated rings. The lowest BCUT2D eigenvalue weighted by Crippen LogP contribution is -2.67. The van der Waals surface area contributed by atoms with Gasteiger partial charge in [0.05, 0.1) is 62.9 Å². The van der Waals surface area contributed by atoms with Crippen LogP contribution in [0.15, 0.2) is 0 Å². The minimum atomic E-state index is -2.50. The first kappa shape index (κ1) is 52.5. The van der Waals surface area contributed by atoms with Crippen LogP contribution < -0.4 is 0 Å². The Bertz CT molecular complexity index is 1390. The zero-order valence-electron chi connectivity index (χ0n) is 35.3. The van der Waals surface area contributed by atoms with Gasteiger partial charge >= 0.3 is 5.97 Å². The Kier molecular flexibility index (Phi) is 19.2. The highest BCUT2D eigenvalue weighted by Crippen LogP contribution is 2.42. The van der Waals surface area contributed by atoms with Crippen LogP contribution in [0.4, 0.5) is 0 Å². The number of hydrogen-bond acceptors (Lipinski definition) is 25. The normalized spacial score (nSPS) is 49.0. The molecule has 4 aliphatic heterocycles. The van der Waals surface area contributed by atoms with Crippen LogP contribution in [-0.2, 0) is 56.9 Å². The first-order valence-electron chi connectivity index (χ1n) is 20.9. The van der Waals surface area contributed by atoms with E-state index in [1.807, 2.05) is 0 Å². The molecule has 63 heavy (non-hydrogen) atoms. The number of aliphatic hydroxyl groups is 13. The van der Waals surface area contributed by atoms with Gasteiger partial charge in [0.1, 0.15) is 73.2 Å². The van der Waals surface area contributed by atoms with Crippen LogP contribution in [0.2, 0.25) is 0 Å². The van der Waals surface area contributed by atoms with Crippen molar-refractivity contribution < 1.29 is 123 Å². The number of carbonyl (C=O) groups is 1. The van der Waals surface area contributed by atoms with E-state index in [-0.39, 0.29) is 19.3 Å². The zero-order valence-corrected chi connectivity index (χ0v) is 35.3. The van der Waals surface area contributed by atoms with E-state index in [2.05, 4.69) is 0 Å². The van der Waals surface area contributed by atoms with Crippen LogP contribution in [0.3, 0.4) is 0 Å². The van der Waals surface area contributed by atoms with Crippen LogP contribution in [0.5, 0.6) is 0 Å². The van der Waals surface area contributed by atoms with Crippen molar-refractivity contribution in [2.75, 3.05) is 47.3 Å². The highest BCUT2D eigenvalue weighted by molar-refractivity contribution is 5.37. The lowest BCUT2D eigenvalue weighted by Gasteiger charge is -2.51. The molecule has 0 aromatic heterocycles. The average Bonchev–Trinajstić information content (AvgIpc) is 3.26. The smallest absolute Gasteiger partial charge is 0.332 e. The predicted octanol–water partition coefficient (Wildman–Crippen LogP) is -7.12. The van der Waals surface area contributed by atoms with Crippen LogP contribution in [0, 0.1) is 17.8 Å². The molecule has 0 spiro atoms. The molecule has 5 aliphatic rings. The van der Waals surface area contributed by atoms with Gasteiger partial charge in [-0.05, 0) is 12.8 Å². The van der Waals surface area contributed by atoms with E-state index in [4.69, 9.17) is 52.1 Å². The Morgan fingerprint density at radius 3 is 1.84 bits per heavy atom. The summed E-state index contributed by atoms with van der Waals surface area (Å²) in [5, 5.41) is 140. The second kappa shape index (κ2) is 23.0. The van der Waals surface area contributed by atoms with Gasteiger partial charge in [0.2, 0.25) is 0 Å². The molecule has 13 N–H and O–H groups in total. The summed E-state index contributed by atoms with van der Waals surface area (Å²) in [6, 6.07) is 0. The Morgan fingerprint density at radius 1 is 0.635 bits per heavy atom. The van der Waals surface area contributed by atoms with Gasteiger partial charge in [-0.25, -0.2) is 0 Å². The largest absolute Gasteiger partial charge is 0.410 e. The summed E-state index contributed by atoms with van der Waals surface area (Å²) in [5.74, 6) is -5.41. The molecule has 4 saturated heterocycles. The van der Waals surface area contributed by atoms with Crippen LogP contribution in [0.25, 0.3) is 0 Å². The van der Waals surface area contributed by atoms with Crippen molar-refractivity contribution in [3.05, 3.63) is 0 Å². The second-order valence-electron chi connectivity index (χ2n) is 16.7. The highest BCUT2D eigenvalue weighted by atomic mass is 16.9. The van der Waals surface area contributed by atoms with Crippen molar-refractivity contribution in [2.45, 2.75) is 168 Å². The van der Waals surface area contributed by atoms with Crippen molar-refractivity contribution in [3.8, 4) is 0 Å². The summed E-state index contributed by atoms with van der Waals surface area (Å²) in [6.45, 7) is -0.416. The molecule has 25 unspecified atom stereocenters. The molecule has 368 valence electrons. The van der Waals surface area contributed by atoms with E-state index in [0.29, 0.717) is 0 Å². The van der Waals surface area contributed by atoms with Crippen LogP contribution in [-0.4, -0.2) is 255 Å². The number of methoxy groups -OCH3 is 2. The molecule has 0 bridgehead atoms. The molecule has 5 rings (SSSR count). The molecule has 0 aromatic rings. The number of aliphatic hydroxyl groups excluding tert-OH is 13. The first-order valence-corrected chi connectivity index (χ1v) is 20.9. The lowest BCUT2D eigenvalue weighted by molar-refractivity contribution is -0.437. The fourth-order valence-electron chi connectivity index (χ4n) is 9.01. The summed E-state index contributed by atoms with van der Waals surface area (Å²) in [5.41, 5.74) is 0. The van der Waals surface area contributed by atoms with Crippen molar-refractivity contribution >= 4 is 6.47 Å². The number of hydrogen-bond donors (Lipinski definition) is 13. The van der Waals surface area contributed by atoms with Gasteiger partial charge in [-0.3, -0.25) is 4.79 Å². The molecule has 1 saturated carbocycles. The van der Waals surface area contributed by atoms with Crippen LogP contribution in [0.1, 0.15) is 33.1 Å². The molecule has 1 aliphatic carbocycles. The maximum Gasteiger partial charge on any atom is 0.332 e. The minimum absolute atomic E-state index is 0.0614. The average molecular weight is 923 g/mol. The van der Waals surface area contributed by atoms with Gasteiger partial charge in [0.25, 0.3) is 6.47 Å². The Morgan fingerprint density at radius 2 is 1.25 bits per heavy atom. The molecular weight excluding hydrogens is 856 g/mol. The van der Waals surface area contributed by atoms with Gasteiger partial charge in [-0.2, -0.15) is 0 Å². The van der Waals surface area contributed by atoms with E-state index < -0.39 is 192 Å². The molecule has 0 radical (unpaired) electrons. The summed E-state index contributed by atoms with van der Waals surface area (Å²) in [7, 11) is 2.44. The van der Waals surface area contributed by atoms with Crippen molar-refractivity contribution in [2.24, 2.45) is 17.8 Å². The van der Waals surface area contributed by atoms with Crippen molar-refractivity contribution in [1.82, 2.24) is 0 Å². The standard InChI is InChI=1S/C38H66O25/c1-14-18(46)8-38(55-13-44,62-29(14)17(45)5-6-39)63-33-23(47)16(9-40)7-19(24(33)48)56-30-15(2)35(57-20(10-41)25(30)49)61-34-28(52)37(59-22(12-43)32(34)53-3)60-31-21(11-42)58-36(54-4)27(51)26(31)50/h13-37,39-43,45-52H,5-12H2,1-4H3. The quantitative estimate of drug-likeness (QED) is 0.0423. The number of carbonyl (C=O) groups excluding carboxylic acids is 1. The van der Waals surface area contributed by atoms with E-state index >= 15 is 0 Å². The van der Waals surface area contributed by atoms with Gasteiger partial charge in [0.15, 0.2) is 18.9 Å². The van der Waals surface area contributed by atoms with Gasteiger partial charge < -0.3 is 118 Å². The van der Waals surface area contributed by atoms with Crippen molar-refractivity contribution in [1.29, 1.82) is 0 Å². The van der Waals surface area contributed by atoms with Gasteiger partial charge in [-0.15, -0.1) is 0 Å². The Balaban J connectivity index is 1.38. The third-order valence-corrected chi connectivity index (χ3v) is 12.7. The molecule has 25 nitrogen and oxygen atoms in total. The topological polar surface area (TPSA) is 382 Å². The summed E-state index contributed by atoms with van der Waals surface area (Å²) < 4.78 is 63.4. The highest BCUT2D eigenvalue weighted by Gasteiger charge is 2.58. The molecule has 0 aromatic carbocycles. The predicted molar refractivity (Wildman–Crippen MR) is 201 cm³/mol. The van der Waals surface area contributed by atoms with Gasteiger partial charge in [0, 0.05) is 45.2 Å². The Labute approximate surface area is 362 Å². The maximum atomic E-state index is 11.8. The molecular formula is C38H66O25. The van der Waals surface area contributed by atoms with Crippen molar-refractivity contribution in [3.63, 3.8) is 0 Å². The van der Waals surface area contributed by atoms with Crippen LogP contribution >= 0.6 is 0 Å². The Hall–Kier alpha value is -1.45. The maximum absolute atomic E-state index is 11.8. The third kappa shape index (κ3) is 11.1. The summed E-state index contributed by atoms with van der Waals surface area (Å²) in [4.78, 5) is 11.8. The second-order valence-corrected chi connectivity index (χ2v) is 16.7. The molecule has 0 amide bonds. The summed E-state index contributed by atoms with van der Waals surface area (Å²) in [6.07, 6.45) is -32.7. The monoisotopic (exact) mass is 922 g/mol. The fraction of sp³-hybridized carbons (Fsp3) is 0.974. The first-order chi connectivity index (χ1) is 30.0. The molecule has 25 heteroatoms. The van der Waals surface area contributed by atoms with E-state index in [0.717, 1.165) is 0 Å². The van der Waals surface area contributed by atoms with E-state index in [9.17, 15) is 71.2 Å². The fourth-order valence-corrected chi connectivity index (χ4v) is 9.01. The summed E-state index contributed by atoms with van der Waals surface area (Å²) >= 11 is 0. The lowest BCUT2D eigenvalue weighted by atomic mass is 9.80. The zero-order chi connectivity index (χ0) is 46.5. The molecule has 4 heterocycles. The molecule has 25 atom stereocenters.